The van der Waals surface area contributed by atoms with Gasteiger partial charge in [0.15, 0.2) is 12.0 Å². The minimum atomic E-state index is -1.10. The fourth-order valence-corrected chi connectivity index (χ4v) is 3.14. The molecule has 2 aromatic rings. The number of ether oxygens (including phenoxy) is 3. The first-order valence-corrected chi connectivity index (χ1v) is 7.81. The molecular weight excluding hydrogens is 314 g/mol. The van der Waals surface area contributed by atoms with Gasteiger partial charge in [-0.2, -0.15) is 0 Å². The third-order valence-electron chi connectivity index (χ3n) is 4.32. The molecule has 3 heterocycles. The van der Waals surface area contributed by atoms with E-state index in [1.807, 2.05) is 30.3 Å². The van der Waals surface area contributed by atoms with Crippen molar-refractivity contribution in [1.82, 2.24) is 15.0 Å². The van der Waals surface area contributed by atoms with E-state index >= 15 is 0 Å². The van der Waals surface area contributed by atoms with Crippen LogP contribution in [0.5, 0.6) is 0 Å². The van der Waals surface area contributed by atoms with Crippen molar-refractivity contribution in [3.8, 4) is 0 Å². The van der Waals surface area contributed by atoms with E-state index < -0.39 is 12.3 Å². The van der Waals surface area contributed by atoms with E-state index in [0.717, 1.165) is 5.56 Å². The first-order valence-electron chi connectivity index (χ1n) is 7.81. The lowest BCUT2D eigenvalue weighted by atomic mass is 9.98. The Kier molecular flexibility index (Phi) is 4.01. The van der Waals surface area contributed by atoms with Gasteiger partial charge in [-0.05, 0) is 6.42 Å². The number of aromatic nitrogens is 3. The molecule has 4 rings (SSSR count). The molecule has 1 aromatic heterocycles. The summed E-state index contributed by atoms with van der Waals surface area (Å²) in [4.78, 5) is 11.0. The standard InChI is InChI=1S/C16H17N3O5/c20-15(21)11-8-19(18-17-11)12-6-7-22-13-9-23-16(24-14(12)13)10-4-2-1-3-5-10/h1-5,8,12-14,16H,6-7,9H2,(H,20,21). The Morgan fingerprint density at radius 2 is 2.08 bits per heavy atom. The van der Waals surface area contributed by atoms with Gasteiger partial charge in [0.25, 0.3) is 0 Å². The third-order valence-corrected chi connectivity index (χ3v) is 4.32. The van der Waals surface area contributed by atoms with Gasteiger partial charge < -0.3 is 19.3 Å². The highest BCUT2D eigenvalue weighted by molar-refractivity contribution is 5.84. The number of fused-ring (bicyclic) bond motifs is 1. The molecule has 4 atom stereocenters. The number of aromatic carboxylic acids is 1. The SMILES string of the molecule is O=C(O)c1cn(C2CCOC3COC(c4ccccc4)OC32)nn1. The number of hydrogen-bond donors (Lipinski definition) is 1. The zero-order valence-corrected chi connectivity index (χ0v) is 12.8. The Bertz CT molecular complexity index is 720. The Hall–Kier alpha value is -2.29. The molecule has 1 N–H and O–H groups in total. The summed E-state index contributed by atoms with van der Waals surface area (Å²) in [7, 11) is 0. The van der Waals surface area contributed by atoms with E-state index in [4.69, 9.17) is 19.3 Å². The summed E-state index contributed by atoms with van der Waals surface area (Å²) in [5, 5.41) is 16.7. The maximum absolute atomic E-state index is 11.0. The summed E-state index contributed by atoms with van der Waals surface area (Å²) in [6.45, 7) is 0.956. The Labute approximate surface area is 137 Å². The Morgan fingerprint density at radius 1 is 1.25 bits per heavy atom. The smallest absolute Gasteiger partial charge is 0.358 e. The molecule has 0 bridgehead atoms. The van der Waals surface area contributed by atoms with Crippen LogP contribution < -0.4 is 0 Å². The van der Waals surface area contributed by atoms with E-state index in [1.165, 1.54) is 6.20 Å². The fourth-order valence-electron chi connectivity index (χ4n) is 3.14. The average molecular weight is 331 g/mol. The van der Waals surface area contributed by atoms with Gasteiger partial charge in [-0.15, -0.1) is 5.10 Å². The normalized spacial score (nSPS) is 29.8. The van der Waals surface area contributed by atoms with Crippen LogP contribution in [0.15, 0.2) is 36.5 Å². The summed E-state index contributed by atoms with van der Waals surface area (Å²) < 4.78 is 19.2. The van der Waals surface area contributed by atoms with Crippen molar-refractivity contribution >= 4 is 5.97 Å². The van der Waals surface area contributed by atoms with Crippen LogP contribution in [0.1, 0.15) is 34.8 Å². The van der Waals surface area contributed by atoms with E-state index in [9.17, 15) is 4.79 Å². The van der Waals surface area contributed by atoms with E-state index in [2.05, 4.69) is 10.3 Å². The number of carboxylic acid groups (broad SMARTS) is 1. The van der Waals surface area contributed by atoms with Crippen LogP contribution in [-0.4, -0.2) is 51.5 Å². The van der Waals surface area contributed by atoms with Gasteiger partial charge in [-0.1, -0.05) is 35.5 Å². The summed E-state index contributed by atoms with van der Waals surface area (Å²) in [6.07, 6.45) is 1.15. The lowest BCUT2D eigenvalue weighted by Crippen LogP contribution is -2.50. The predicted octanol–water partition coefficient (Wildman–Crippen LogP) is 1.42. The van der Waals surface area contributed by atoms with Gasteiger partial charge in [-0.25, -0.2) is 9.48 Å². The summed E-state index contributed by atoms with van der Waals surface area (Å²) in [5.41, 5.74) is 0.856. The van der Waals surface area contributed by atoms with E-state index in [-0.39, 0.29) is 23.9 Å². The molecule has 0 saturated carbocycles. The minimum absolute atomic E-state index is 0.0790. The van der Waals surface area contributed by atoms with Crippen molar-refractivity contribution in [3.63, 3.8) is 0 Å². The number of nitrogens with zero attached hydrogens (tertiary/aromatic N) is 3. The second kappa shape index (κ2) is 6.31. The van der Waals surface area contributed by atoms with Crippen molar-refractivity contribution in [3.05, 3.63) is 47.8 Å². The zero-order valence-electron chi connectivity index (χ0n) is 12.8. The zero-order chi connectivity index (χ0) is 16.5. The van der Waals surface area contributed by atoms with Crippen LogP contribution in [0.2, 0.25) is 0 Å². The first kappa shape index (κ1) is 15.3. The number of carboxylic acids is 1. The lowest BCUT2D eigenvalue weighted by Gasteiger charge is -2.43. The number of rotatable bonds is 3. The largest absolute Gasteiger partial charge is 0.476 e. The Balaban J connectivity index is 1.57. The van der Waals surface area contributed by atoms with Crippen LogP contribution in [0.4, 0.5) is 0 Å². The molecule has 0 aliphatic carbocycles. The molecule has 2 saturated heterocycles. The molecule has 2 fully saturated rings. The van der Waals surface area contributed by atoms with E-state index in [1.54, 1.807) is 4.68 Å². The second-order valence-corrected chi connectivity index (χ2v) is 5.83. The molecule has 2 aliphatic rings. The molecule has 4 unspecified atom stereocenters. The lowest BCUT2D eigenvalue weighted by molar-refractivity contribution is -0.289. The molecule has 24 heavy (non-hydrogen) atoms. The topological polar surface area (TPSA) is 95.7 Å². The molecule has 126 valence electrons. The summed E-state index contributed by atoms with van der Waals surface area (Å²) in [6, 6.07) is 9.55. The van der Waals surface area contributed by atoms with Crippen molar-refractivity contribution in [2.24, 2.45) is 0 Å². The van der Waals surface area contributed by atoms with Crippen LogP contribution in [0.3, 0.4) is 0 Å². The molecular formula is C16H17N3O5. The first-order chi connectivity index (χ1) is 11.7. The van der Waals surface area contributed by atoms with Crippen molar-refractivity contribution in [2.75, 3.05) is 13.2 Å². The summed E-state index contributed by atoms with van der Waals surface area (Å²) in [5.74, 6) is -1.10. The van der Waals surface area contributed by atoms with Gasteiger partial charge in [0.1, 0.15) is 12.2 Å². The highest BCUT2D eigenvalue weighted by Gasteiger charge is 2.42. The third kappa shape index (κ3) is 2.79. The maximum Gasteiger partial charge on any atom is 0.358 e. The van der Waals surface area contributed by atoms with Gasteiger partial charge in [-0.3, -0.25) is 0 Å². The van der Waals surface area contributed by atoms with Crippen molar-refractivity contribution in [1.29, 1.82) is 0 Å². The molecule has 0 amide bonds. The number of benzene rings is 1. The molecule has 8 heteroatoms. The monoisotopic (exact) mass is 331 g/mol. The van der Waals surface area contributed by atoms with Gasteiger partial charge in [0.2, 0.25) is 0 Å². The number of carbonyl (C=O) groups is 1. The van der Waals surface area contributed by atoms with Gasteiger partial charge in [0.05, 0.1) is 18.8 Å². The van der Waals surface area contributed by atoms with Crippen LogP contribution in [0, 0.1) is 0 Å². The number of hydrogen-bond acceptors (Lipinski definition) is 6. The maximum atomic E-state index is 11.0. The van der Waals surface area contributed by atoms with Gasteiger partial charge >= 0.3 is 5.97 Å². The van der Waals surface area contributed by atoms with Crippen LogP contribution >= 0.6 is 0 Å². The van der Waals surface area contributed by atoms with E-state index in [0.29, 0.717) is 19.6 Å². The quantitative estimate of drug-likeness (QED) is 0.908. The molecule has 0 spiro atoms. The molecule has 0 radical (unpaired) electrons. The Morgan fingerprint density at radius 3 is 2.83 bits per heavy atom. The highest BCUT2D eigenvalue weighted by atomic mass is 16.7. The predicted molar refractivity (Wildman–Crippen MR) is 80.4 cm³/mol. The molecule has 1 aromatic carbocycles. The fraction of sp³-hybridized carbons (Fsp3) is 0.438. The van der Waals surface area contributed by atoms with Crippen LogP contribution in [-0.2, 0) is 14.2 Å². The minimum Gasteiger partial charge on any atom is -0.476 e. The second-order valence-electron chi connectivity index (χ2n) is 5.83. The molecule has 8 nitrogen and oxygen atoms in total. The van der Waals surface area contributed by atoms with Gasteiger partial charge in [0, 0.05) is 12.2 Å². The van der Waals surface area contributed by atoms with Crippen molar-refractivity contribution in [2.45, 2.75) is 31.0 Å². The summed E-state index contributed by atoms with van der Waals surface area (Å²) >= 11 is 0. The van der Waals surface area contributed by atoms with Crippen LogP contribution in [0.25, 0.3) is 0 Å². The average Bonchev–Trinajstić information content (AvgIpc) is 3.12. The highest BCUT2D eigenvalue weighted by Crippen LogP contribution is 2.36. The molecule has 2 aliphatic heterocycles. The van der Waals surface area contributed by atoms with Crippen molar-refractivity contribution < 1.29 is 24.1 Å².